The van der Waals surface area contributed by atoms with Gasteiger partial charge in [0, 0.05) is 13.7 Å². The summed E-state index contributed by atoms with van der Waals surface area (Å²) in [6, 6.07) is 0. The van der Waals surface area contributed by atoms with E-state index >= 15 is 0 Å². The topological polar surface area (TPSA) is 38.3 Å². The number of hydrogen-bond donors (Lipinski definition) is 1. The largest absolute Gasteiger partial charge is 0.368 e. The van der Waals surface area contributed by atoms with E-state index in [1.807, 2.05) is 0 Å². The van der Waals surface area contributed by atoms with E-state index in [9.17, 15) is 4.79 Å². The zero-order valence-corrected chi connectivity index (χ0v) is 8.02. The summed E-state index contributed by atoms with van der Waals surface area (Å²) < 4.78 is 5.13. The van der Waals surface area contributed by atoms with Gasteiger partial charge in [-0.25, -0.2) is 0 Å². The molecule has 0 saturated heterocycles. The van der Waals surface area contributed by atoms with Crippen LogP contribution < -0.4 is 5.32 Å². The van der Waals surface area contributed by atoms with Crippen LogP contribution in [0.2, 0.25) is 0 Å². The molecule has 1 N–H and O–H groups in total. The molecule has 70 valence electrons. The van der Waals surface area contributed by atoms with Crippen LogP contribution in [0.3, 0.4) is 0 Å². The summed E-state index contributed by atoms with van der Waals surface area (Å²) in [6.07, 6.45) is 1.74. The fourth-order valence-corrected chi connectivity index (χ4v) is 1.10. The molecule has 1 aliphatic rings. The van der Waals surface area contributed by atoms with Gasteiger partial charge in [0.25, 0.3) is 5.91 Å². The standard InChI is InChI=1S/C9H17NO2/c1-7(2)6-10-8(11)9(12-3)4-5-9/h7H,4-6H2,1-3H3,(H,10,11). The molecule has 0 aromatic rings. The number of methoxy groups -OCH3 is 1. The molecule has 12 heavy (non-hydrogen) atoms. The first kappa shape index (κ1) is 9.52. The molecule has 0 heterocycles. The minimum atomic E-state index is -0.463. The first-order valence-electron chi connectivity index (χ1n) is 4.44. The van der Waals surface area contributed by atoms with Crippen molar-refractivity contribution in [2.24, 2.45) is 5.92 Å². The third kappa shape index (κ3) is 1.97. The molecule has 1 saturated carbocycles. The van der Waals surface area contributed by atoms with E-state index in [0.29, 0.717) is 5.92 Å². The Bertz CT molecular complexity index is 173. The van der Waals surface area contributed by atoms with Gasteiger partial charge in [0.15, 0.2) is 0 Å². The molecule has 1 aliphatic carbocycles. The molecule has 1 rings (SSSR count). The van der Waals surface area contributed by atoms with E-state index < -0.39 is 5.60 Å². The predicted octanol–water partition coefficient (Wildman–Crippen LogP) is 0.938. The minimum absolute atomic E-state index is 0.0544. The summed E-state index contributed by atoms with van der Waals surface area (Å²) in [6.45, 7) is 4.89. The molecule has 1 fully saturated rings. The van der Waals surface area contributed by atoms with Crippen molar-refractivity contribution in [2.75, 3.05) is 13.7 Å². The average molecular weight is 171 g/mol. The maximum Gasteiger partial charge on any atom is 0.252 e. The summed E-state index contributed by atoms with van der Waals surface area (Å²) >= 11 is 0. The van der Waals surface area contributed by atoms with Gasteiger partial charge in [0.05, 0.1) is 0 Å². The van der Waals surface area contributed by atoms with Crippen molar-refractivity contribution < 1.29 is 9.53 Å². The van der Waals surface area contributed by atoms with Gasteiger partial charge < -0.3 is 10.1 Å². The van der Waals surface area contributed by atoms with Crippen molar-refractivity contribution in [1.29, 1.82) is 0 Å². The Hall–Kier alpha value is -0.570. The molecule has 0 spiro atoms. The van der Waals surface area contributed by atoms with Gasteiger partial charge in [-0.2, -0.15) is 0 Å². The maximum atomic E-state index is 11.4. The Morgan fingerprint density at radius 3 is 2.50 bits per heavy atom. The molecule has 3 heteroatoms. The van der Waals surface area contributed by atoms with Gasteiger partial charge >= 0.3 is 0 Å². The SMILES string of the molecule is COC1(C(=O)NCC(C)C)CC1. The van der Waals surface area contributed by atoms with E-state index in [-0.39, 0.29) is 5.91 Å². The van der Waals surface area contributed by atoms with E-state index in [1.54, 1.807) is 7.11 Å². The second-order valence-corrected chi connectivity index (χ2v) is 3.80. The fraction of sp³-hybridized carbons (Fsp3) is 0.889. The quantitative estimate of drug-likeness (QED) is 0.683. The highest BCUT2D eigenvalue weighted by Crippen LogP contribution is 2.38. The lowest BCUT2D eigenvalue weighted by Gasteiger charge is -2.14. The van der Waals surface area contributed by atoms with Gasteiger partial charge in [-0.3, -0.25) is 4.79 Å². The summed E-state index contributed by atoms with van der Waals surface area (Å²) in [5.74, 6) is 0.556. The third-order valence-corrected chi connectivity index (χ3v) is 2.18. The van der Waals surface area contributed by atoms with Crippen molar-refractivity contribution >= 4 is 5.91 Å². The van der Waals surface area contributed by atoms with E-state index in [1.165, 1.54) is 0 Å². The number of hydrogen-bond acceptors (Lipinski definition) is 2. The minimum Gasteiger partial charge on any atom is -0.368 e. The lowest BCUT2D eigenvalue weighted by Crippen LogP contribution is -2.39. The van der Waals surface area contributed by atoms with Crippen molar-refractivity contribution in [3.05, 3.63) is 0 Å². The first-order valence-corrected chi connectivity index (χ1v) is 4.44. The van der Waals surface area contributed by atoms with E-state index in [4.69, 9.17) is 4.74 Å². The Balaban J connectivity index is 2.29. The molecular formula is C9H17NO2. The fourth-order valence-electron chi connectivity index (χ4n) is 1.10. The van der Waals surface area contributed by atoms with Crippen LogP contribution in [-0.2, 0) is 9.53 Å². The zero-order valence-electron chi connectivity index (χ0n) is 8.02. The third-order valence-electron chi connectivity index (χ3n) is 2.18. The Morgan fingerprint density at radius 1 is 1.58 bits per heavy atom. The Kier molecular flexibility index (Phi) is 2.73. The number of nitrogens with one attached hydrogen (secondary N) is 1. The van der Waals surface area contributed by atoms with Crippen molar-refractivity contribution in [3.63, 3.8) is 0 Å². The second-order valence-electron chi connectivity index (χ2n) is 3.80. The molecule has 1 amide bonds. The molecule has 0 aromatic heterocycles. The van der Waals surface area contributed by atoms with Crippen LogP contribution in [0.5, 0.6) is 0 Å². The predicted molar refractivity (Wildman–Crippen MR) is 46.8 cm³/mol. The van der Waals surface area contributed by atoms with Crippen molar-refractivity contribution in [2.45, 2.75) is 32.3 Å². The van der Waals surface area contributed by atoms with E-state index in [0.717, 1.165) is 19.4 Å². The highest BCUT2D eigenvalue weighted by atomic mass is 16.5. The highest BCUT2D eigenvalue weighted by Gasteiger charge is 2.50. The number of rotatable bonds is 4. The van der Waals surface area contributed by atoms with Crippen LogP contribution in [0.15, 0.2) is 0 Å². The van der Waals surface area contributed by atoms with Gasteiger partial charge in [0.2, 0.25) is 0 Å². The molecule has 0 atom stereocenters. The highest BCUT2D eigenvalue weighted by molar-refractivity contribution is 5.88. The molecule has 0 bridgehead atoms. The molecule has 0 aromatic carbocycles. The monoisotopic (exact) mass is 171 g/mol. The summed E-state index contributed by atoms with van der Waals surface area (Å²) in [5.41, 5.74) is -0.463. The summed E-state index contributed by atoms with van der Waals surface area (Å²) in [7, 11) is 1.60. The lowest BCUT2D eigenvalue weighted by atomic mass is 10.2. The van der Waals surface area contributed by atoms with Gasteiger partial charge in [-0.1, -0.05) is 13.8 Å². The number of amides is 1. The number of carbonyl (C=O) groups excluding carboxylic acids is 1. The summed E-state index contributed by atoms with van der Waals surface area (Å²) in [5, 5.41) is 2.87. The molecule has 0 aliphatic heterocycles. The van der Waals surface area contributed by atoms with Crippen LogP contribution in [0.1, 0.15) is 26.7 Å². The van der Waals surface area contributed by atoms with Crippen LogP contribution in [0.25, 0.3) is 0 Å². The molecular weight excluding hydrogens is 154 g/mol. The van der Waals surface area contributed by atoms with Crippen molar-refractivity contribution in [1.82, 2.24) is 5.32 Å². The smallest absolute Gasteiger partial charge is 0.252 e. The lowest BCUT2D eigenvalue weighted by molar-refractivity contribution is -0.133. The average Bonchev–Trinajstić information content (AvgIpc) is 2.80. The van der Waals surface area contributed by atoms with Gasteiger partial charge in [-0.05, 0) is 18.8 Å². The second kappa shape index (κ2) is 3.44. The van der Waals surface area contributed by atoms with Gasteiger partial charge in [0.1, 0.15) is 5.60 Å². The van der Waals surface area contributed by atoms with Crippen LogP contribution in [-0.4, -0.2) is 25.2 Å². The Labute approximate surface area is 73.5 Å². The van der Waals surface area contributed by atoms with Gasteiger partial charge in [-0.15, -0.1) is 0 Å². The first-order chi connectivity index (χ1) is 5.60. The van der Waals surface area contributed by atoms with E-state index in [2.05, 4.69) is 19.2 Å². The zero-order chi connectivity index (χ0) is 9.19. The number of ether oxygens (including phenoxy) is 1. The maximum absolute atomic E-state index is 11.4. The van der Waals surface area contributed by atoms with Crippen molar-refractivity contribution in [3.8, 4) is 0 Å². The normalized spacial score (nSPS) is 19.3. The molecule has 3 nitrogen and oxygen atoms in total. The van der Waals surface area contributed by atoms with Crippen LogP contribution >= 0.6 is 0 Å². The van der Waals surface area contributed by atoms with Crippen LogP contribution in [0, 0.1) is 5.92 Å². The molecule has 0 unspecified atom stereocenters. The Morgan fingerprint density at radius 2 is 2.17 bits per heavy atom. The summed E-state index contributed by atoms with van der Waals surface area (Å²) in [4.78, 5) is 11.4. The number of carbonyl (C=O) groups is 1. The van der Waals surface area contributed by atoms with Crippen LogP contribution in [0.4, 0.5) is 0 Å². The molecule has 0 radical (unpaired) electrons.